The van der Waals surface area contributed by atoms with Gasteiger partial charge in [0.25, 0.3) is 5.91 Å². The molecule has 0 radical (unpaired) electrons. The summed E-state index contributed by atoms with van der Waals surface area (Å²) in [5.41, 5.74) is 1.45. The average molecular weight is 445 g/mol. The normalized spacial score (nSPS) is 15.9. The number of rotatable bonds is 8. The molecule has 31 heavy (non-hydrogen) atoms. The number of nitrogens with zero attached hydrogens (tertiary/aromatic N) is 4. The summed E-state index contributed by atoms with van der Waals surface area (Å²) in [6.45, 7) is 3.71. The second-order valence-corrected chi connectivity index (χ2v) is 10.4. The van der Waals surface area contributed by atoms with E-state index in [1.165, 1.54) is 6.26 Å². The highest BCUT2D eigenvalue weighted by Crippen LogP contribution is 2.23. The van der Waals surface area contributed by atoms with E-state index in [2.05, 4.69) is 14.8 Å². The molecule has 0 aliphatic carbocycles. The van der Waals surface area contributed by atoms with Gasteiger partial charge in [-0.3, -0.25) is 14.7 Å². The summed E-state index contributed by atoms with van der Waals surface area (Å²) in [4.78, 5) is 24.0. The Morgan fingerprint density at radius 1 is 1.10 bits per heavy atom. The Morgan fingerprint density at radius 3 is 2.42 bits per heavy atom. The monoisotopic (exact) mass is 444 g/mol. The molecule has 0 spiro atoms. The van der Waals surface area contributed by atoms with Gasteiger partial charge >= 0.3 is 0 Å². The lowest BCUT2D eigenvalue weighted by Crippen LogP contribution is -2.49. The van der Waals surface area contributed by atoms with Gasteiger partial charge in [-0.05, 0) is 50.7 Å². The average Bonchev–Trinajstić information content (AvgIpc) is 2.75. The first kappa shape index (κ1) is 23.4. The van der Waals surface area contributed by atoms with Crippen molar-refractivity contribution in [3.63, 3.8) is 0 Å². The Morgan fingerprint density at radius 2 is 1.81 bits per heavy atom. The summed E-state index contributed by atoms with van der Waals surface area (Å²) in [5, 5.41) is 0. The van der Waals surface area contributed by atoms with E-state index >= 15 is 0 Å². The molecule has 1 fully saturated rings. The number of likely N-dealkylation sites (N-methyl/N-ethyl adjacent to an activating group) is 1. The molecule has 1 aromatic heterocycles. The standard InChI is InChI=1S/C23H32N4O3S/c1-25(2)15-16-27(23(28)19-8-6-12-24-17-19)21-10-13-26(14-11-21)18-20-7-4-5-9-22(20)31(3,29)30/h4-9,12,17,21H,10-11,13-16,18H2,1-3H3. The predicted molar refractivity (Wildman–Crippen MR) is 122 cm³/mol. The number of pyridine rings is 1. The smallest absolute Gasteiger partial charge is 0.255 e. The number of carbonyl (C=O) groups excluding carboxylic acids is 1. The molecule has 1 aliphatic rings. The molecule has 0 bridgehead atoms. The summed E-state index contributed by atoms with van der Waals surface area (Å²) in [6.07, 6.45) is 6.28. The Balaban J connectivity index is 1.68. The molecule has 2 heterocycles. The SMILES string of the molecule is CN(C)CCN(C(=O)c1cccnc1)C1CCN(Cc2ccccc2S(C)(=O)=O)CC1. The van der Waals surface area contributed by atoms with Gasteiger partial charge in [-0.15, -0.1) is 0 Å². The quantitative estimate of drug-likeness (QED) is 0.621. The molecule has 1 aromatic carbocycles. The van der Waals surface area contributed by atoms with E-state index in [4.69, 9.17) is 0 Å². The van der Waals surface area contributed by atoms with Crippen molar-refractivity contribution in [2.75, 3.05) is 46.5 Å². The Bertz CT molecular complexity index is 971. The number of carbonyl (C=O) groups is 1. The van der Waals surface area contributed by atoms with Gasteiger partial charge in [0.05, 0.1) is 10.5 Å². The number of piperidine rings is 1. The van der Waals surface area contributed by atoms with Crippen molar-refractivity contribution in [1.82, 2.24) is 19.7 Å². The lowest BCUT2D eigenvalue weighted by atomic mass is 10.0. The lowest BCUT2D eigenvalue weighted by Gasteiger charge is -2.39. The van der Waals surface area contributed by atoms with Gasteiger partial charge < -0.3 is 9.80 Å². The first-order valence-electron chi connectivity index (χ1n) is 10.6. The van der Waals surface area contributed by atoms with Crippen LogP contribution in [0.25, 0.3) is 0 Å². The van der Waals surface area contributed by atoms with Crippen molar-refractivity contribution in [3.05, 3.63) is 59.9 Å². The van der Waals surface area contributed by atoms with E-state index < -0.39 is 9.84 Å². The van der Waals surface area contributed by atoms with Crippen LogP contribution in [0.5, 0.6) is 0 Å². The maximum atomic E-state index is 13.2. The van der Waals surface area contributed by atoms with Crippen LogP contribution in [0.3, 0.4) is 0 Å². The molecule has 1 saturated heterocycles. The molecule has 0 unspecified atom stereocenters. The number of sulfone groups is 1. The third-order valence-electron chi connectivity index (χ3n) is 5.72. The summed E-state index contributed by atoms with van der Waals surface area (Å²) in [5.74, 6) is 0.0239. The van der Waals surface area contributed by atoms with Crippen LogP contribution >= 0.6 is 0 Å². The van der Waals surface area contributed by atoms with Gasteiger partial charge in [-0.25, -0.2) is 8.42 Å². The zero-order valence-corrected chi connectivity index (χ0v) is 19.4. The predicted octanol–water partition coefficient (Wildman–Crippen LogP) is 2.15. The molecule has 3 rings (SSSR count). The molecule has 1 aliphatic heterocycles. The van der Waals surface area contributed by atoms with Crippen LogP contribution in [-0.2, 0) is 16.4 Å². The zero-order valence-electron chi connectivity index (χ0n) is 18.6. The van der Waals surface area contributed by atoms with Crippen molar-refractivity contribution in [3.8, 4) is 0 Å². The maximum absolute atomic E-state index is 13.2. The van der Waals surface area contributed by atoms with Crippen molar-refractivity contribution in [2.45, 2.75) is 30.3 Å². The van der Waals surface area contributed by atoms with Gasteiger partial charge in [0, 0.05) is 57.4 Å². The van der Waals surface area contributed by atoms with Gasteiger partial charge in [-0.2, -0.15) is 0 Å². The van der Waals surface area contributed by atoms with Crippen LogP contribution in [-0.4, -0.2) is 86.6 Å². The van der Waals surface area contributed by atoms with Crippen molar-refractivity contribution < 1.29 is 13.2 Å². The maximum Gasteiger partial charge on any atom is 0.255 e. The summed E-state index contributed by atoms with van der Waals surface area (Å²) in [6, 6.07) is 11.0. The molecule has 0 atom stereocenters. The first-order valence-corrected chi connectivity index (χ1v) is 12.5. The fraction of sp³-hybridized carbons (Fsp3) is 0.478. The van der Waals surface area contributed by atoms with E-state index in [9.17, 15) is 13.2 Å². The summed E-state index contributed by atoms with van der Waals surface area (Å²) < 4.78 is 24.2. The van der Waals surface area contributed by atoms with Gasteiger partial charge in [0.15, 0.2) is 9.84 Å². The number of hydrogen-bond acceptors (Lipinski definition) is 6. The van der Waals surface area contributed by atoms with Crippen LogP contribution in [0.4, 0.5) is 0 Å². The molecule has 0 N–H and O–H groups in total. The minimum atomic E-state index is -3.26. The lowest BCUT2D eigenvalue weighted by molar-refractivity contribution is 0.0547. The Kier molecular flexibility index (Phi) is 7.80. The highest BCUT2D eigenvalue weighted by atomic mass is 32.2. The number of amides is 1. The van der Waals surface area contributed by atoms with Crippen LogP contribution < -0.4 is 0 Å². The zero-order chi connectivity index (χ0) is 22.4. The molecule has 2 aromatic rings. The molecule has 168 valence electrons. The second-order valence-electron chi connectivity index (χ2n) is 8.43. The highest BCUT2D eigenvalue weighted by Gasteiger charge is 2.29. The van der Waals surface area contributed by atoms with E-state index in [1.54, 1.807) is 30.6 Å². The van der Waals surface area contributed by atoms with Crippen molar-refractivity contribution in [2.24, 2.45) is 0 Å². The van der Waals surface area contributed by atoms with Crippen molar-refractivity contribution >= 4 is 15.7 Å². The van der Waals surface area contributed by atoms with Gasteiger partial charge in [0.2, 0.25) is 0 Å². The number of hydrogen-bond donors (Lipinski definition) is 0. The Hall–Kier alpha value is -2.29. The van der Waals surface area contributed by atoms with Crippen LogP contribution in [0.1, 0.15) is 28.8 Å². The van der Waals surface area contributed by atoms with Crippen molar-refractivity contribution in [1.29, 1.82) is 0 Å². The van der Waals surface area contributed by atoms with E-state index in [-0.39, 0.29) is 11.9 Å². The van der Waals surface area contributed by atoms with Crippen LogP contribution in [0.2, 0.25) is 0 Å². The number of aromatic nitrogens is 1. The van der Waals surface area contributed by atoms with E-state index in [0.29, 0.717) is 23.5 Å². The third-order valence-corrected chi connectivity index (χ3v) is 6.92. The van der Waals surface area contributed by atoms with Gasteiger partial charge in [-0.1, -0.05) is 18.2 Å². The third kappa shape index (κ3) is 6.35. The number of benzene rings is 1. The molecule has 7 nitrogen and oxygen atoms in total. The Labute approximate surface area is 185 Å². The first-order chi connectivity index (χ1) is 14.8. The highest BCUT2D eigenvalue weighted by molar-refractivity contribution is 7.90. The van der Waals surface area contributed by atoms with Crippen LogP contribution in [0.15, 0.2) is 53.7 Å². The molecule has 0 saturated carbocycles. The minimum absolute atomic E-state index is 0.0239. The van der Waals surface area contributed by atoms with Crippen LogP contribution in [0, 0.1) is 0 Å². The van der Waals surface area contributed by atoms with E-state index in [1.807, 2.05) is 37.2 Å². The molecular weight excluding hydrogens is 412 g/mol. The fourth-order valence-corrected chi connectivity index (χ4v) is 4.97. The second kappa shape index (κ2) is 10.3. The topological polar surface area (TPSA) is 73.8 Å². The molecule has 8 heteroatoms. The molecule has 1 amide bonds. The van der Waals surface area contributed by atoms with Gasteiger partial charge in [0.1, 0.15) is 0 Å². The largest absolute Gasteiger partial charge is 0.334 e. The summed E-state index contributed by atoms with van der Waals surface area (Å²) in [7, 11) is 0.761. The minimum Gasteiger partial charge on any atom is -0.334 e. The van der Waals surface area contributed by atoms with E-state index in [0.717, 1.165) is 38.0 Å². The fourth-order valence-electron chi connectivity index (χ4n) is 4.04. The molecular formula is C23H32N4O3S. The number of likely N-dealkylation sites (tertiary alicyclic amines) is 1. The summed E-state index contributed by atoms with van der Waals surface area (Å²) >= 11 is 0.